The highest BCUT2D eigenvalue weighted by Gasteiger charge is 2.11. The van der Waals surface area contributed by atoms with Crippen LogP contribution in [-0.2, 0) is 6.54 Å². The average molecular weight is 207 g/mol. The van der Waals surface area contributed by atoms with Gasteiger partial charge in [0.25, 0.3) is 0 Å². The zero-order valence-electron chi connectivity index (χ0n) is 8.93. The summed E-state index contributed by atoms with van der Waals surface area (Å²) >= 11 is 0. The Balaban J connectivity index is 2.53. The van der Waals surface area contributed by atoms with E-state index >= 15 is 0 Å². The fourth-order valence-electron chi connectivity index (χ4n) is 1.69. The summed E-state index contributed by atoms with van der Waals surface area (Å²) in [6.07, 6.45) is 1.63. The number of aryl methyl sites for hydroxylation is 1. The normalized spacial score (nSPS) is 11.1. The molecule has 0 atom stereocenters. The first kappa shape index (κ1) is 10.2. The molecule has 1 N–H and O–H groups in total. The largest absolute Gasteiger partial charge is 0.464 e. The summed E-state index contributed by atoms with van der Waals surface area (Å²) < 4.78 is 19.0. The Morgan fingerprint density at radius 3 is 2.93 bits per heavy atom. The van der Waals surface area contributed by atoms with Gasteiger partial charge in [-0.25, -0.2) is 4.39 Å². The molecule has 0 aliphatic carbocycles. The molecule has 2 aromatic rings. The number of nitrogens with one attached hydrogen (secondary N) is 1. The van der Waals surface area contributed by atoms with E-state index in [0.29, 0.717) is 17.5 Å². The van der Waals surface area contributed by atoms with E-state index in [1.165, 1.54) is 6.07 Å². The van der Waals surface area contributed by atoms with Gasteiger partial charge in [0.15, 0.2) is 0 Å². The Morgan fingerprint density at radius 2 is 2.20 bits per heavy atom. The molecule has 1 aromatic heterocycles. The lowest BCUT2D eigenvalue weighted by molar-refractivity contribution is 0.600. The van der Waals surface area contributed by atoms with E-state index in [1.54, 1.807) is 12.3 Å². The molecule has 0 bridgehead atoms. The van der Waals surface area contributed by atoms with E-state index in [1.807, 2.05) is 13.8 Å². The molecule has 2 rings (SSSR count). The van der Waals surface area contributed by atoms with Crippen molar-refractivity contribution in [2.75, 3.05) is 6.54 Å². The van der Waals surface area contributed by atoms with Crippen LogP contribution in [0.1, 0.15) is 18.1 Å². The van der Waals surface area contributed by atoms with E-state index in [-0.39, 0.29) is 5.82 Å². The first-order chi connectivity index (χ1) is 7.24. The maximum atomic E-state index is 13.6. The van der Waals surface area contributed by atoms with Crippen LogP contribution in [0.15, 0.2) is 22.8 Å². The summed E-state index contributed by atoms with van der Waals surface area (Å²) in [6.45, 7) is 5.44. The quantitative estimate of drug-likeness (QED) is 0.837. The second-order valence-corrected chi connectivity index (χ2v) is 3.61. The van der Waals surface area contributed by atoms with Gasteiger partial charge in [-0.2, -0.15) is 0 Å². The first-order valence-electron chi connectivity index (χ1n) is 5.10. The summed E-state index contributed by atoms with van der Waals surface area (Å²) in [7, 11) is 0. The van der Waals surface area contributed by atoms with Crippen LogP contribution in [0.25, 0.3) is 11.0 Å². The number of rotatable bonds is 3. The van der Waals surface area contributed by atoms with Gasteiger partial charge in [0.2, 0.25) is 0 Å². The van der Waals surface area contributed by atoms with Crippen molar-refractivity contribution < 1.29 is 8.81 Å². The average Bonchev–Trinajstić information content (AvgIpc) is 2.65. The number of furan rings is 1. The van der Waals surface area contributed by atoms with Gasteiger partial charge in [-0.1, -0.05) is 13.0 Å². The highest BCUT2D eigenvalue weighted by molar-refractivity contribution is 5.84. The maximum absolute atomic E-state index is 13.6. The van der Waals surface area contributed by atoms with Crippen molar-refractivity contribution in [2.45, 2.75) is 20.4 Å². The van der Waals surface area contributed by atoms with Gasteiger partial charge in [-0.3, -0.25) is 0 Å². The molecule has 0 unspecified atom stereocenters. The highest BCUT2D eigenvalue weighted by atomic mass is 19.1. The smallest absolute Gasteiger partial charge is 0.140 e. The SMILES string of the molecule is CCNCc1coc2c(C)ccc(F)c12. The lowest BCUT2D eigenvalue weighted by atomic mass is 10.1. The predicted molar refractivity (Wildman–Crippen MR) is 58.3 cm³/mol. The molecule has 15 heavy (non-hydrogen) atoms. The summed E-state index contributed by atoms with van der Waals surface area (Å²) in [6, 6.07) is 3.22. The van der Waals surface area contributed by atoms with E-state index in [2.05, 4.69) is 5.32 Å². The second-order valence-electron chi connectivity index (χ2n) is 3.61. The van der Waals surface area contributed by atoms with Crippen molar-refractivity contribution in [3.8, 4) is 0 Å². The fourth-order valence-corrected chi connectivity index (χ4v) is 1.69. The van der Waals surface area contributed by atoms with E-state index in [0.717, 1.165) is 17.7 Å². The Labute approximate surface area is 88.1 Å². The molecule has 80 valence electrons. The van der Waals surface area contributed by atoms with Gasteiger partial charge in [0, 0.05) is 12.1 Å². The van der Waals surface area contributed by atoms with Gasteiger partial charge < -0.3 is 9.73 Å². The maximum Gasteiger partial charge on any atom is 0.140 e. The van der Waals surface area contributed by atoms with Crippen LogP contribution in [0.5, 0.6) is 0 Å². The van der Waals surface area contributed by atoms with Crippen molar-refractivity contribution in [1.29, 1.82) is 0 Å². The molecule has 0 saturated heterocycles. The Bertz CT molecular complexity index is 476. The number of hydrogen-bond acceptors (Lipinski definition) is 2. The topological polar surface area (TPSA) is 25.2 Å². The van der Waals surface area contributed by atoms with Crippen LogP contribution < -0.4 is 5.32 Å². The van der Waals surface area contributed by atoms with Crippen LogP contribution in [0.2, 0.25) is 0 Å². The molecule has 0 amide bonds. The van der Waals surface area contributed by atoms with Crippen LogP contribution in [0, 0.1) is 12.7 Å². The zero-order valence-corrected chi connectivity index (χ0v) is 8.93. The molecule has 0 radical (unpaired) electrons. The number of hydrogen-bond donors (Lipinski definition) is 1. The number of fused-ring (bicyclic) bond motifs is 1. The molecule has 1 aromatic carbocycles. The van der Waals surface area contributed by atoms with Gasteiger partial charge in [-0.15, -0.1) is 0 Å². The minimum atomic E-state index is -0.211. The number of benzene rings is 1. The fraction of sp³-hybridized carbons (Fsp3) is 0.333. The van der Waals surface area contributed by atoms with Gasteiger partial charge in [0.05, 0.1) is 11.6 Å². The van der Waals surface area contributed by atoms with E-state index in [9.17, 15) is 4.39 Å². The molecule has 0 saturated carbocycles. The lowest BCUT2D eigenvalue weighted by Crippen LogP contribution is -2.11. The molecular formula is C12H14FNO. The van der Waals surface area contributed by atoms with Crippen molar-refractivity contribution >= 4 is 11.0 Å². The summed E-state index contributed by atoms with van der Waals surface area (Å²) in [5.74, 6) is -0.211. The third kappa shape index (κ3) is 1.75. The molecule has 0 aliphatic rings. The first-order valence-corrected chi connectivity index (χ1v) is 5.10. The van der Waals surface area contributed by atoms with Gasteiger partial charge >= 0.3 is 0 Å². The monoisotopic (exact) mass is 207 g/mol. The van der Waals surface area contributed by atoms with E-state index < -0.39 is 0 Å². The highest BCUT2D eigenvalue weighted by Crippen LogP contribution is 2.26. The van der Waals surface area contributed by atoms with Crippen molar-refractivity contribution in [3.63, 3.8) is 0 Å². The Morgan fingerprint density at radius 1 is 1.40 bits per heavy atom. The summed E-state index contributed by atoms with van der Waals surface area (Å²) in [5.41, 5.74) is 2.50. The minimum absolute atomic E-state index is 0.211. The standard InChI is InChI=1S/C12H14FNO/c1-3-14-6-9-7-15-12-8(2)4-5-10(13)11(9)12/h4-5,7,14H,3,6H2,1-2H3. The van der Waals surface area contributed by atoms with Crippen molar-refractivity contribution in [1.82, 2.24) is 5.32 Å². The Hall–Kier alpha value is -1.35. The molecule has 2 nitrogen and oxygen atoms in total. The Kier molecular flexibility index (Phi) is 2.73. The molecule has 3 heteroatoms. The number of halogens is 1. The minimum Gasteiger partial charge on any atom is -0.464 e. The van der Waals surface area contributed by atoms with E-state index in [4.69, 9.17) is 4.42 Å². The van der Waals surface area contributed by atoms with Crippen molar-refractivity contribution in [3.05, 3.63) is 35.3 Å². The van der Waals surface area contributed by atoms with Crippen LogP contribution >= 0.6 is 0 Å². The van der Waals surface area contributed by atoms with Crippen molar-refractivity contribution in [2.24, 2.45) is 0 Å². The van der Waals surface area contributed by atoms with Crippen LogP contribution in [-0.4, -0.2) is 6.54 Å². The summed E-state index contributed by atoms with van der Waals surface area (Å²) in [5, 5.41) is 3.77. The van der Waals surface area contributed by atoms with Crippen LogP contribution in [0.4, 0.5) is 4.39 Å². The lowest BCUT2D eigenvalue weighted by Gasteiger charge is -2.00. The second kappa shape index (κ2) is 4.03. The molecule has 1 heterocycles. The predicted octanol–water partition coefficient (Wildman–Crippen LogP) is 2.99. The van der Waals surface area contributed by atoms with Crippen LogP contribution in [0.3, 0.4) is 0 Å². The zero-order chi connectivity index (χ0) is 10.8. The molecular weight excluding hydrogens is 193 g/mol. The third-order valence-electron chi connectivity index (χ3n) is 2.51. The third-order valence-corrected chi connectivity index (χ3v) is 2.51. The molecule has 0 fully saturated rings. The molecule has 0 spiro atoms. The summed E-state index contributed by atoms with van der Waals surface area (Å²) in [4.78, 5) is 0. The van der Waals surface area contributed by atoms with Gasteiger partial charge in [0.1, 0.15) is 11.4 Å². The van der Waals surface area contributed by atoms with Gasteiger partial charge in [-0.05, 0) is 25.1 Å². The molecule has 0 aliphatic heterocycles.